The first-order valence-corrected chi connectivity index (χ1v) is 28.5. The van der Waals surface area contributed by atoms with E-state index in [1.807, 2.05) is 21.1 Å². The van der Waals surface area contributed by atoms with Crippen LogP contribution < -0.4 is 5.32 Å². The maximum absolute atomic E-state index is 12.9. The van der Waals surface area contributed by atoms with Crippen LogP contribution in [0.2, 0.25) is 0 Å². The van der Waals surface area contributed by atoms with Crippen LogP contribution in [0.4, 0.5) is 0 Å². The molecule has 3 unspecified atom stereocenters. The van der Waals surface area contributed by atoms with Crippen molar-refractivity contribution in [2.45, 2.75) is 257 Å². The average molecular weight is 922 g/mol. The van der Waals surface area contributed by atoms with Gasteiger partial charge in [-0.2, -0.15) is 0 Å². The lowest BCUT2D eigenvalue weighted by Crippen LogP contribution is -2.46. The number of carbonyl (C=O) groups is 1. The van der Waals surface area contributed by atoms with Crippen molar-refractivity contribution in [1.82, 2.24) is 5.32 Å². The number of hydrogen-bond donors (Lipinski definition) is 3. The number of amides is 1. The van der Waals surface area contributed by atoms with Gasteiger partial charge >= 0.3 is 7.82 Å². The summed E-state index contributed by atoms with van der Waals surface area (Å²) in [6.45, 7) is 4.78. The van der Waals surface area contributed by atoms with Gasteiger partial charge in [0.25, 0.3) is 0 Å². The molecule has 0 aromatic carbocycles. The minimum absolute atomic E-state index is 0.0751. The molecule has 0 aromatic heterocycles. The molecule has 0 saturated carbocycles. The lowest BCUT2D eigenvalue weighted by Gasteiger charge is -2.26. The molecule has 0 radical (unpaired) electrons. The second-order valence-electron chi connectivity index (χ2n) is 19.6. The van der Waals surface area contributed by atoms with Crippen LogP contribution in [-0.4, -0.2) is 73.4 Å². The highest BCUT2D eigenvalue weighted by Crippen LogP contribution is 2.43. The molecule has 0 fully saturated rings. The lowest BCUT2D eigenvalue weighted by atomic mass is 10.0. The highest BCUT2D eigenvalue weighted by atomic mass is 31.2. The Balaban J connectivity index is 4.00. The molecule has 0 saturated heterocycles. The molecule has 0 aromatic rings. The van der Waals surface area contributed by atoms with Gasteiger partial charge in [0.2, 0.25) is 5.91 Å². The van der Waals surface area contributed by atoms with Crippen LogP contribution in [0.15, 0.2) is 48.6 Å². The molecule has 376 valence electrons. The number of phosphoric ester groups is 1. The van der Waals surface area contributed by atoms with Crippen molar-refractivity contribution in [2.24, 2.45) is 0 Å². The predicted octanol–water partition coefficient (Wildman–Crippen LogP) is 16.0. The summed E-state index contributed by atoms with van der Waals surface area (Å²) in [5.41, 5.74) is 0. The van der Waals surface area contributed by atoms with Crippen LogP contribution in [0.5, 0.6) is 0 Å². The molecule has 9 heteroatoms. The smallest absolute Gasteiger partial charge is 0.391 e. The molecular weight excluding hydrogens is 816 g/mol. The van der Waals surface area contributed by atoms with Crippen molar-refractivity contribution in [3.05, 3.63) is 48.6 Å². The maximum atomic E-state index is 12.9. The van der Waals surface area contributed by atoms with E-state index >= 15 is 0 Å². The van der Waals surface area contributed by atoms with E-state index < -0.39 is 20.0 Å². The van der Waals surface area contributed by atoms with E-state index in [2.05, 4.69) is 67.8 Å². The number of carbonyl (C=O) groups excluding carboxylic acids is 1. The van der Waals surface area contributed by atoms with E-state index in [9.17, 15) is 19.4 Å². The van der Waals surface area contributed by atoms with Gasteiger partial charge in [-0.3, -0.25) is 13.8 Å². The van der Waals surface area contributed by atoms with Gasteiger partial charge in [-0.05, 0) is 51.4 Å². The third-order valence-corrected chi connectivity index (χ3v) is 13.1. The monoisotopic (exact) mass is 922 g/mol. The Kier molecular flexibility index (Phi) is 45.4. The fourth-order valence-corrected chi connectivity index (χ4v) is 8.60. The molecule has 1 amide bonds. The molecule has 64 heavy (non-hydrogen) atoms. The van der Waals surface area contributed by atoms with Gasteiger partial charge in [0, 0.05) is 6.42 Å². The number of phosphoric acid groups is 1. The fourth-order valence-electron chi connectivity index (χ4n) is 7.86. The van der Waals surface area contributed by atoms with Crippen molar-refractivity contribution < 1.29 is 32.9 Å². The summed E-state index contributed by atoms with van der Waals surface area (Å²) in [6, 6.07) is -0.758. The summed E-state index contributed by atoms with van der Waals surface area (Å²) in [6.07, 6.45) is 60.3. The number of likely N-dealkylation sites (N-methyl/N-ethyl adjacent to an activating group) is 1. The average Bonchev–Trinajstić information content (AvgIpc) is 3.25. The molecule has 3 N–H and O–H groups in total. The third kappa shape index (κ3) is 48.4. The molecule has 8 nitrogen and oxygen atoms in total. The number of nitrogens with one attached hydrogen (secondary N) is 1. The van der Waals surface area contributed by atoms with E-state index in [1.54, 1.807) is 0 Å². The molecule has 3 atom stereocenters. The van der Waals surface area contributed by atoms with E-state index in [0.29, 0.717) is 23.9 Å². The zero-order valence-corrected chi connectivity index (χ0v) is 43.7. The van der Waals surface area contributed by atoms with Gasteiger partial charge in [-0.15, -0.1) is 0 Å². The summed E-state index contributed by atoms with van der Waals surface area (Å²) < 4.78 is 23.7. The third-order valence-electron chi connectivity index (χ3n) is 12.1. The molecule has 0 aliphatic rings. The Morgan fingerprint density at radius 3 is 1.38 bits per heavy atom. The van der Waals surface area contributed by atoms with Gasteiger partial charge in [-0.1, -0.05) is 236 Å². The summed E-state index contributed by atoms with van der Waals surface area (Å²) in [7, 11) is 1.62. The van der Waals surface area contributed by atoms with E-state index in [-0.39, 0.29) is 19.1 Å². The number of rotatable bonds is 49. The van der Waals surface area contributed by atoms with Gasteiger partial charge in [-0.25, -0.2) is 4.57 Å². The van der Waals surface area contributed by atoms with Crippen molar-refractivity contribution in [3.8, 4) is 0 Å². The Morgan fingerprint density at radius 1 is 0.547 bits per heavy atom. The van der Waals surface area contributed by atoms with E-state index in [4.69, 9.17) is 9.05 Å². The van der Waals surface area contributed by atoms with Gasteiger partial charge in [0.15, 0.2) is 0 Å². The molecular formula is C55H106N2O6P+. The number of aliphatic hydroxyl groups is 1. The van der Waals surface area contributed by atoms with Crippen molar-refractivity contribution >= 4 is 13.7 Å². The van der Waals surface area contributed by atoms with Gasteiger partial charge in [0.05, 0.1) is 39.9 Å². The minimum Gasteiger partial charge on any atom is -0.391 e. The van der Waals surface area contributed by atoms with Crippen molar-refractivity contribution in [3.63, 3.8) is 0 Å². The highest BCUT2D eigenvalue weighted by Gasteiger charge is 2.28. The molecule has 0 aliphatic carbocycles. The van der Waals surface area contributed by atoms with Crippen LogP contribution in [0, 0.1) is 0 Å². The number of hydrogen-bond acceptors (Lipinski definition) is 5. The lowest BCUT2D eigenvalue weighted by molar-refractivity contribution is -0.870. The Labute approximate surface area is 397 Å². The zero-order chi connectivity index (χ0) is 47.1. The summed E-state index contributed by atoms with van der Waals surface area (Å²) in [4.78, 5) is 23.2. The van der Waals surface area contributed by atoms with Crippen molar-refractivity contribution in [2.75, 3.05) is 40.9 Å². The number of unbranched alkanes of at least 4 members (excludes halogenated alkanes) is 28. The van der Waals surface area contributed by atoms with Crippen LogP contribution in [0.25, 0.3) is 0 Å². The Hall–Kier alpha value is -1.54. The Bertz CT molecular complexity index is 1180. The quantitative estimate of drug-likeness (QED) is 0.0243. The highest BCUT2D eigenvalue weighted by molar-refractivity contribution is 7.47. The normalized spacial score (nSPS) is 14.4. The second kappa shape index (κ2) is 46.6. The van der Waals surface area contributed by atoms with Crippen LogP contribution in [0.1, 0.15) is 245 Å². The molecule has 0 rings (SSSR count). The first kappa shape index (κ1) is 62.5. The molecule has 0 bridgehead atoms. The zero-order valence-electron chi connectivity index (χ0n) is 42.8. The summed E-state index contributed by atoms with van der Waals surface area (Å²) in [5.74, 6) is -0.144. The first-order chi connectivity index (χ1) is 31.0. The Morgan fingerprint density at radius 2 is 0.938 bits per heavy atom. The standard InChI is InChI=1S/C55H105N2O6P/c1-6-8-10-12-14-16-18-19-20-21-22-23-24-25-26-27-28-29-30-31-32-33-34-35-36-37-39-41-43-45-47-49-55(59)56-53(52-63-64(60,61)62-51-50-57(3,4)5)54(58)48-46-44-42-40-38-17-15-13-11-9-7-2/h8,10,14,16,19-20,22-23,53-54,58H,6-7,9,11-13,15,17-18,21,24-52H2,1-5H3,(H-,56,59,60,61)/p+1/b10-8-,16-14-,20-19-,23-22-. The summed E-state index contributed by atoms with van der Waals surface area (Å²) >= 11 is 0. The van der Waals surface area contributed by atoms with Gasteiger partial charge in [0.1, 0.15) is 13.2 Å². The van der Waals surface area contributed by atoms with E-state index in [0.717, 1.165) is 64.2 Å². The fraction of sp³-hybridized carbons (Fsp3) is 0.836. The summed E-state index contributed by atoms with van der Waals surface area (Å²) in [5, 5.41) is 14.0. The number of allylic oxidation sites excluding steroid dienone is 8. The second-order valence-corrected chi connectivity index (χ2v) is 21.0. The maximum Gasteiger partial charge on any atom is 0.472 e. The number of quaternary nitrogens is 1. The van der Waals surface area contributed by atoms with Crippen LogP contribution >= 0.6 is 7.82 Å². The number of aliphatic hydroxyl groups excluding tert-OH is 1. The topological polar surface area (TPSA) is 105 Å². The number of nitrogens with zero attached hydrogens (tertiary/aromatic N) is 1. The minimum atomic E-state index is -4.31. The molecule has 0 aliphatic heterocycles. The van der Waals surface area contributed by atoms with E-state index in [1.165, 1.54) is 154 Å². The van der Waals surface area contributed by atoms with Crippen LogP contribution in [-0.2, 0) is 18.4 Å². The van der Waals surface area contributed by atoms with Gasteiger partial charge < -0.3 is 19.8 Å². The predicted molar refractivity (Wildman–Crippen MR) is 277 cm³/mol. The molecule has 0 spiro atoms. The largest absolute Gasteiger partial charge is 0.472 e. The SMILES string of the molecule is CC/C=C\C/C=C\C/C=C\C/C=C\CCCCCCCCCCCCCCCCCCCCC(=O)NC(COP(=O)(O)OCC[N+](C)(C)C)C(O)CCCCCCCCCCCCC. The molecule has 0 heterocycles. The first-order valence-electron chi connectivity index (χ1n) is 27.0. The van der Waals surface area contributed by atoms with Crippen LogP contribution in [0.3, 0.4) is 0 Å². The van der Waals surface area contributed by atoms with Crippen molar-refractivity contribution in [1.29, 1.82) is 0 Å².